The minimum absolute atomic E-state index is 0.0363. The summed E-state index contributed by atoms with van der Waals surface area (Å²) in [5.41, 5.74) is 0.763. The molecule has 1 aromatic heterocycles. The highest BCUT2D eigenvalue weighted by atomic mass is 32.2. The average molecular weight is 311 g/mol. The molecule has 0 saturated heterocycles. The summed E-state index contributed by atoms with van der Waals surface area (Å²) in [4.78, 5) is 15.1. The SMILES string of the molecule is CCC(CSC)N(C)C(=O)c1sccc1C#CCCO. The summed E-state index contributed by atoms with van der Waals surface area (Å²) in [5.74, 6) is 6.81. The number of thiophene rings is 1. The van der Waals surface area contributed by atoms with Gasteiger partial charge in [0.05, 0.1) is 6.61 Å². The van der Waals surface area contributed by atoms with Gasteiger partial charge in [-0.3, -0.25) is 4.79 Å². The lowest BCUT2D eigenvalue weighted by atomic mass is 10.2. The van der Waals surface area contributed by atoms with E-state index in [1.165, 1.54) is 11.3 Å². The summed E-state index contributed by atoms with van der Waals surface area (Å²) in [5, 5.41) is 10.6. The Hall–Kier alpha value is -0.960. The fourth-order valence-corrected chi connectivity index (χ4v) is 3.48. The van der Waals surface area contributed by atoms with Crippen molar-refractivity contribution in [2.24, 2.45) is 0 Å². The number of hydrogen-bond acceptors (Lipinski definition) is 4. The predicted molar refractivity (Wildman–Crippen MR) is 87.5 cm³/mol. The quantitative estimate of drug-likeness (QED) is 0.821. The topological polar surface area (TPSA) is 40.5 Å². The second-order valence-corrected chi connectivity index (χ2v) is 6.20. The molecule has 0 fully saturated rings. The van der Waals surface area contributed by atoms with Gasteiger partial charge in [-0.05, 0) is 24.1 Å². The van der Waals surface area contributed by atoms with Crippen molar-refractivity contribution >= 4 is 29.0 Å². The maximum Gasteiger partial charge on any atom is 0.265 e. The molecule has 3 nitrogen and oxygen atoms in total. The molecule has 1 aromatic rings. The first-order chi connectivity index (χ1) is 9.65. The molecule has 1 unspecified atom stereocenters. The van der Waals surface area contributed by atoms with Crippen molar-refractivity contribution in [3.05, 3.63) is 21.9 Å². The van der Waals surface area contributed by atoms with Crippen LogP contribution in [0.25, 0.3) is 0 Å². The summed E-state index contributed by atoms with van der Waals surface area (Å²) >= 11 is 3.18. The number of aliphatic hydroxyl groups excluding tert-OH is 1. The summed E-state index contributed by atoms with van der Waals surface area (Å²) in [6.45, 7) is 2.15. The first-order valence-electron chi connectivity index (χ1n) is 6.59. The Bertz CT molecular complexity index is 488. The lowest BCUT2D eigenvalue weighted by Crippen LogP contribution is -2.38. The van der Waals surface area contributed by atoms with Crippen LogP contribution in [0.4, 0.5) is 0 Å². The molecular weight excluding hydrogens is 290 g/mol. The van der Waals surface area contributed by atoms with E-state index in [2.05, 4.69) is 25.0 Å². The zero-order valence-electron chi connectivity index (χ0n) is 12.2. The third kappa shape index (κ3) is 4.55. The molecule has 0 saturated carbocycles. The average Bonchev–Trinajstić information content (AvgIpc) is 2.92. The minimum Gasteiger partial charge on any atom is -0.395 e. The fourth-order valence-electron chi connectivity index (χ4n) is 1.81. The third-order valence-electron chi connectivity index (χ3n) is 3.02. The van der Waals surface area contributed by atoms with Crippen LogP contribution in [0.15, 0.2) is 11.4 Å². The molecular formula is C15H21NO2S2. The van der Waals surface area contributed by atoms with Crippen molar-refractivity contribution in [3.63, 3.8) is 0 Å². The molecule has 0 aliphatic heterocycles. The van der Waals surface area contributed by atoms with E-state index in [-0.39, 0.29) is 18.6 Å². The van der Waals surface area contributed by atoms with E-state index in [0.29, 0.717) is 11.3 Å². The van der Waals surface area contributed by atoms with Gasteiger partial charge in [0, 0.05) is 30.8 Å². The number of hydrogen-bond donors (Lipinski definition) is 1. The van der Waals surface area contributed by atoms with Crippen LogP contribution in [0.5, 0.6) is 0 Å². The normalized spacial score (nSPS) is 11.6. The van der Waals surface area contributed by atoms with Gasteiger partial charge in [0.15, 0.2) is 0 Å². The maximum atomic E-state index is 12.5. The molecule has 0 aliphatic carbocycles. The van der Waals surface area contributed by atoms with Gasteiger partial charge < -0.3 is 10.0 Å². The van der Waals surface area contributed by atoms with Crippen LogP contribution in [-0.4, -0.2) is 47.6 Å². The molecule has 1 amide bonds. The van der Waals surface area contributed by atoms with E-state index in [1.807, 2.05) is 23.4 Å². The van der Waals surface area contributed by atoms with E-state index < -0.39 is 0 Å². The number of carbonyl (C=O) groups is 1. The van der Waals surface area contributed by atoms with Crippen molar-refractivity contribution in [1.82, 2.24) is 4.90 Å². The van der Waals surface area contributed by atoms with Gasteiger partial charge in [-0.25, -0.2) is 0 Å². The van der Waals surface area contributed by atoms with Gasteiger partial charge in [0.2, 0.25) is 0 Å². The van der Waals surface area contributed by atoms with Crippen LogP contribution >= 0.6 is 23.1 Å². The van der Waals surface area contributed by atoms with Crippen LogP contribution in [0.3, 0.4) is 0 Å². The number of thioether (sulfide) groups is 1. The Balaban J connectivity index is 2.87. The van der Waals surface area contributed by atoms with Gasteiger partial charge in [-0.15, -0.1) is 11.3 Å². The number of nitrogens with zero attached hydrogens (tertiary/aromatic N) is 1. The van der Waals surface area contributed by atoms with Crippen LogP contribution < -0.4 is 0 Å². The molecule has 0 bridgehead atoms. The third-order valence-corrected chi connectivity index (χ3v) is 4.64. The van der Waals surface area contributed by atoms with Crippen molar-refractivity contribution in [2.45, 2.75) is 25.8 Å². The maximum absolute atomic E-state index is 12.5. The van der Waals surface area contributed by atoms with Gasteiger partial charge in [-0.1, -0.05) is 18.8 Å². The first kappa shape index (κ1) is 17.1. The standard InChI is InChI=1S/C15H21NO2S2/c1-4-13(11-19-3)16(2)15(18)14-12(8-10-20-14)7-5-6-9-17/h8,10,13,17H,4,6,9,11H2,1-3H3. The van der Waals surface area contributed by atoms with Crippen LogP contribution in [0.1, 0.15) is 35.0 Å². The Kier molecular flexibility index (Phi) is 7.75. The molecule has 0 aliphatic rings. The first-order valence-corrected chi connectivity index (χ1v) is 8.86. The van der Waals surface area contributed by atoms with Crippen molar-refractivity contribution in [1.29, 1.82) is 0 Å². The Morgan fingerprint density at radius 1 is 1.60 bits per heavy atom. The monoisotopic (exact) mass is 311 g/mol. The Morgan fingerprint density at radius 2 is 2.35 bits per heavy atom. The van der Waals surface area contributed by atoms with Crippen molar-refractivity contribution in [2.75, 3.05) is 25.7 Å². The molecule has 1 rings (SSSR count). The van der Waals surface area contributed by atoms with E-state index in [4.69, 9.17) is 5.11 Å². The predicted octanol–water partition coefficient (Wildman–Crippen LogP) is 2.70. The molecule has 0 spiro atoms. The lowest BCUT2D eigenvalue weighted by Gasteiger charge is -2.26. The number of carbonyl (C=O) groups excluding carboxylic acids is 1. The van der Waals surface area contributed by atoms with E-state index in [0.717, 1.165) is 17.7 Å². The molecule has 5 heteroatoms. The molecule has 1 N–H and O–H groups in total. The number of rotatable bonds is 6. The van der Waals surface area contributed by atoms with Gasteiger partial charge in [0.1, 0.15) is 4.88 Å². The lowest BCUT2D eigenvalue weighted by molar-refractivity contribution is 0.0748. The minimum atomic E-state index is 0.0363. The summed E-state index contributed by atoms with van der Waals surface area (Å²) < 4.78 is 0. The molecule has 110 valence electrons. The zero-order valence-corrected chi connectivity index (χ0v) is 13.8. The van der Waals surface area contributed by atoms with E-state index >= 15 is 0 Å². The molecule has 20 heavy (non-hydrogen) atoms. The van der Waals surface area contributed by atoms with Crippen LogP contribution in [-0.2, 0) is 0 Å². The molecule has 0 aromatic carbocycles. The summed E-state index contributed by atoms with van der Waals surface area (Å²) in [6.07, 6.45) is 3.43. The van der Waals surface area contributed by atoms with E-state index in [9.17, 15) is 4.79 Å². The molecule has 1 atom stereocenters. The van der Waals surface area contributed by atoms with Gasteiger partial charge in [-0.2, -0.15) is 11.8 Å². The van der Waals surface area contributed by atoms with Crippen molar-refractivity contribution in [3.8, 4) is 11.8 Å². The second kappa shape index (κ2) is 9.06. The largest absolute Gasteiger partial charge is 0.395 e. The van der Waals surface area contributed by atoms with Crippen molar-refractivity contribution < 1.29 is 9.90 Å². The summed E-state index contributed by atoms with van der Waals surface area (Å²) in [7, 11) is 1.86. The molecule has 0 radical (unpaired) electrons. The Morgan fingerprint density at radius 3 is 2.95 bits per heavy atom. The smallest absolute Gasteiger partial charge is 0.265 e. The zero-order chi connectivity index (χ0) is 15.0. The van der Waals surface area contributed by atoms with Crippen LogP contribution in [0.2, 0.25) is 0 Å². The highest BCUT2D eigenvalue weighted by molar-refractivity contribution is 7.98. The van der Waals surface area contributed by atoms with Gasteiger partial charge in [0.25, 0.3) is 5.91 Å². The fraction of sp³-hybridized carbons (Fsp3) is 0.533. The number of aliphatic hydroxyl groups is 1. The highest BCUT2D eigenvalue weighted by Crippen LogP contribution is 2.20. The summed E-state index contributed by atoms with van der Waals surface area (Å²) in [6, 6.07) is 2.11. The Labute approximate surface area is 129 Å². The highest BCUT2D eigenvalue weighted by Gasteiger charge is 2.22. The molecule has 1 heterocycles. The van der Waals surface area contributed by atoms with E-state index in [1.54, 1.807) is 11.8 Å². The van der Waals surface area contributed by atoms with Gasteiger partial charge >= 0.3 is 0 Å². The van der Waals surface area contributed by atoms with Crippen LogP contribution in [0, 0.1) is 11.8 Å². The second-order valence-electron chi connectivity index (χ2n) is 4.37. The number of amides is 1.